The van der Waals surface area contributed by atoms with E-state index in [1.54, 1.807) is 19.1 Å². The summed E-state index contributed by atoms with van der Waals surface area (Å²) in [5.74, 6) is -0.725. The lowest BCUT2D eigenvalue weighted by atomic mass is 10.2. The first-order valence-corrected chi connectivity index (χ1v) is 6.35. The zero-order valence-corrected chi connectivity index (χ0v) is 11.0. The number of primary amides is 1. The molecule has 0 aliphatic rings. The number of thioether (sulfide) groups is 1. The van der Waals surface area contributed by atoms with Gasteiger partial charge in [0.25, 0.3) is 0 Å². The van der Waals surface area contributed by atoms with Gasteiger partial charge in [-0.3, -0.25) is 10.1 Å². The van der Waals surface area contributed by atoms with E-state index in [1.807, 2.05) is 12.2 Å². The highest BCUT2D eigenvalue weighted by Crippen LogP contribution is 2.31. The van der Waals surface area contributed by atoms with Crippen molar-refractivity contribution in [1.29, 1.82) is 0 Å². The van der Waals surface area contributed by atoms with Gasteiger partial charge in [0.1, 0.15) is 5.82 Å². The van der Waals surface area contributed by atoms with Crippen LogP contribution in [0.4, 0.5) is 9.18 Å². The fourth-order valence-electron chi connectivity index (χ4n) is 1.40. The van der Waals surface area contributed by atoms with Crippen LogP contribution >= 0.6 is 11.8 Å². The number of rotatable bonds is 4. The Bertz CT molecular complexity index is 436. The lowest BCUT2D eigenvalue weighted by Crippen LogP contribution is -2.39. The third kappa shape index (κ3) is 4.37. The predicted octanol–water partition coefficient (Wildman–Crippen LogP) is 2.20. The number of nitrogens with one attached hydrogen (secondary N) is 1. The van der Waals surface area contributed by atoms with Gasteiger partial charge in [-0.25, -0.2) is 9.18 Å². The van der Waals surface area contributed by atoms with Crippen LogP contribution < -0.4 is 11.1 Å². The fourth-order valence-corrected chi connectivity index (χ4v) is 2.51. The molecule has 0 spiro atoms. The van der Waals surface area contributed by atoms with Crippen molar-refractivity contribution >= 4 is 23.7 Å². The molecule has 1 aromatic rings. The zero-order valence-electron chi connectivity index (χ0n) is 10.1. The molecule has 0 bridgehead atoms. The highest BCUT2D eigenvalue weighted by atomic mass is 32.2. The van der Waals surface area contributed by atoms with Crippen molar-refractivity contribution < 1.29 is 14.0 Å². The minimum absolute atomic E-state index is 0.0132. The Morgan fingerprint density at radius 2 is 1.83 bits per heavy atom. The largest absolute Gasteiger partial charge is 0.351 e. The SMILES string of the molecule is C[C@H](S[C@H](C)C(=O)NC(N)=O)c1ccc(F)cc1. The molecule has 3 amide bonds. The van der Waals surface area contributed by atoms with Gasteiger partial charge in [0.2, 0.25) is 5.91 Å². The molecule has 98 valence electrons. The molecule has 4 nitrogen and oxygen atoms in total. The van der Waals surface area contributed by atoms with Gasteiger partial charge in [-0.05, 0) is 31.5 Å². The van der Waals surface area contributed by atoms with E-state index in [2.05, 4.69) is 0 Å². The number of imide groups is 1. The summed E-state index contributed by atoms with van der Waals surface area (Å²) in [7, 11) is 0. The molecule has 2 atom stereocenters. The maximum atomic E-state index is 12.8. The number of carbonyl (C=O) groups excluding carboxylic acids is 2. The molecular weight excluding hydrogens is 255 g/mol. The quantitative estimate of drug-likeness (QED) is 0.881. The summed E-state index contributed by atoms with van der Waals surface area (Å²) >= 11 is 1.37. The van der Waals surface area contributed by atoms with E-state index < -0.39 is 17.2 Å². The van der Waals surface area contributed by atoms with Crippen LogP contribution in [-0.4, -0.2) is 17.2 Å². The summed E-state index contributed by atoms with van der Waals surface area (Å²) < 4.78 is 12.8. The minimum atomic E-state index is -0.859. The van der Waals surface area contributed by atoms with E-state index in [9.17, 15) is 14.0 Å². The molecule has 3 N–H and O–H groups in total. The number of urea groups is 1. The molecule has 0 aliphatic heterocycles. The topological polar surface area (TPSA) is 72.2 Å². The van der Waals surface area contributed by atoms with E-state index in [0.717, 1.165) is 5.56 Å². The smallest absolute Gasteiger partial charge is 0.318 e. The number of carbonyl (C=O) groups is 2. The Hall–Kier alpha value is -1.56. The first kappa shape index (κ1) is 14.5. The van der Waals surface area contributed by atoms with E-state index in [-0.39, 0.29) is 11.1 Å². The highest BCUT2D eigenvalue weighted by Gasteiger charge is 2.18. The normalized spacial score (nSPS) is 13.7. The molecule has 0 heterocycles. The van der Waals surface area contributed by atoms with Crippen molar-refractivity contribution in [3.8, 4) is 0 Å². The molecular formula is C12H15FN2O2S. The number of halogens is 1. The molecule has 1 aromatic carbocycles. The monoisotopic (exact) mass is 270 g/mol. The Labute approximate surface area is 109 Å². The van der Waals surface area contributed by atoms with Crippen molar-refractivity contribution in [1.82, 2.24) is 5.32 Å². The maximum Gasteiger partial charge on any atom is 0.318 e. The average molecular weight is 270 g/mol. The van der Waals surface area contributed by atoms with Crippen molar-refractivity contribution in [2.75, 3.05) is 0 Å². The maximum absolute atomic E-state index is 12.8. The number of hydrogen-bond acceptors (Lipinski definition) is 3. The molecule has 0 fully saturated rings. The second-order valence-electron chi connectivity index (χ2n) is 3.83. The van der Waals surface area contributed by atoms with Crippen molar-refractivity contribution in [2.24, 2.45) is 5.73 Å². The lowest BCUT2D eigenvalue weighted by Gasteiger charge is -2.16. The van der Waals surface area contributed by atoms with E-state index in [4.69, 9.17) is 5.73 Å². The van der Waals surface area contributed by atoms with Crippen LogP contribution in [0.1, 0.15) is 24.7 Å². The lowest BCUT2D eigenvalue weighted by molar-refractivity contribution is -0.119. The zero-order chi connectivity index (χ0) is 13.7. The van der Waals surface area contributed by atoms with Crippen molar-refractivity contribution in [3.63, 3.8) is 0 Å². The third-order valence-corrected chi connectivity index (χ3v) is 3.67. The van der Waals surface area contributed by atoms with E-state index >= 15 is 0 Å². The van der Waals surface area contributed by atoms with Crippen LogP contribution in [0.2, 0.25) is 0 Å². The first-order chi connectivity index (χ1) is 8.40. The highest BCUT2D eigenvalue weighted by molar-refractivity contribution is 8.00. The number of benzene rings is 1. The second-order valence-corrected chi connectivity index (χ2v) is 5.51. The van der Waals surface area contributed by atoms with E-state index in [1.165, 1.54) is 23.9 Å². The Morgan fingerprint density at radius 1 is 1.28 bits per heavy atom. The Morgan fingerprint density at radius 3 is 2.33 bits per heavy atom. The summed E-state index contributed by atoms with van der Waals surface area (Å²) in [5, 5.41) is 1.62. The molecule has 6 heteroatoms. The van der Waals surface area contributed by atoms with Gasteiger partial charge in [-0.1, -0.05) is 12.1 Å². The summed E-state index contributed by atoms with van der Waals surface area (Å²) in [6.45, 7) is 3.59. The second kappa shape index (κ2) is 6.39. The Kier molecular flexibility index (Phi) is 5.15. The molecule has 18 heavy (non-hydrogen) atoms. The van der Waals surface area contributed by atoms with Gasteiger partial charge in [0.15, 0.2) is 0 Å². The van der Waals surface area contributed by atoms with Crippen LogP contribution in [0.25, 0.3) is 0 Å². The van der Waals surface area contributed by atoms with Crippen LogP contribution in [0.3, 0.4) is 0 Å². The summed E-state index contributed by atoms with van der Waals surface area (Å²) in [5.41, 5.74) is 5.78. The van der Waals surface area contributed by atoms with Gasteiger partial charge in [0.05, 0.1) is 5.25 Å². The van der Waals surface area contributed by atoms with Crippen LogP contribution in [0.15, 0.2) is 24.3 Å². The number of amides is 3. The molecule has 0 saturated heterocycles. The molecule has 0 saturated carbocycles. The Balaban J connectivity index is 2.58. The van der Waals surface area contributed by atoms with Crippen molar-refractivity contribution in [3.05, 3.63) is 35.6 Å². The molecule has 0 unspecified atom stereocenters. The molecule has 1 rings (SSSR count). The van der Waals surface area contributed by atoms with Crippen LogP contribution in [-0.2, 0) is 4.79 Å². The van der Waals surface area contributed by atoms with Crippen LogP contribution in [0.5, 0.6) is 0 Å². The molecule has 0 aromatic heterocycles. The van der Waals surface area contributed by atoms with Gasteiger partial charge >= 0.3 is 6.03 Å². The summed E-state index contributed by atoms with van der Waals surface area (Å²) in [6, 6.07) is 5.24. The molecule has 0 radical (unpaired) electrons. The minimum Gasteiger partial charge on any atom is -0.351 e. The van der Waals surface area contributed by atoms with E-state index in [0.29, 0.717) is 0 Å². The van der Waals surface area contributed by atoms with Gasteiger partial charge in [0, 0.05) is 5.25 Å². The summed E-state index contributed by atoms with van der Waals surface area (Å²) in [4.78, 5) is 22.0. The number of hydrogen-bond donors (Lipinski definition) is 2. The first-order valence-electron chi connectivity index (χ1n) is 5.41. The van der Waals surface area contributed by atoms with Gasteiger partial charge < -0.3 is 5.73 Å². The van der Waals surface area contributed by atoms with Crippen LogP contribution in [0, 0.1) is 5.82 Å². The molecule has 0 aliphatic carbocycles. The third-order valence-electron chi connectivity index (χ3n) is 2.36. The average Bonchev–Trinajstić information content (AvgIpc) is 2.28. The van der Waals surface area contributed by atoms with Crippen molar-refractivity contribution in [2.45, 2.75) is 24.3 Å². The standard InChI is InChI=1S/C12H15FN2O2S/c1-7(9-3-5-10(13)6-4-9)18-8(2)11(16)15-12(14)17/h3-8H,1-2H3,(H3,14,15,16,17)/t7-,8+/m0/s1. The summed E-state index contributed by atoms with van der Waals surface area (Å²) in [6.07, 6.45) is 0. The van der Waals surface area contributed by atoms with Gasteiger partial charge in [-0.2, -0.15) is 0 Å². The number of nitrogens with two attached hydrogens (primary N) is 1. The van der Waals surface area contributed by atoms with Gasteiger partial charge in [-0.15, -0.1) is 11.8 Å². The predicted molar refractivity (Wildman–Crippen MR) is 69.6 cm³/mol. The fraction of sp³-hybridized carbons (Fsp3) is 0.333.